The van der Waals surface area contributed by atoms with Crippen molar-refractivity contribution in [1.29, 1.82) is 0 Å². The number of hydrogen-bond donors (Lipinski definition) is 1. The molecule has 0 spiro atoms. The summed E-state index contributed by atoms with van der Waals surface area (Å²) in [6, 6.07) is 11.5. The SMILES string of the molecule is CCOc1ccc(NC(=O)C2(c3cccc(C)c3)CCCCC2)cc1C(F)(F)F. The van der Waals surface area contributed by atoms with Crippen molar-refractivity contribution in [3.63, 3.8) is 0 Å². The van der Waals surface area contributed by atoms with Crippen LogP contribution >= 0.6 is 0 Å². The first-order chi connectivity index (χ1) is 13.8. The Bertz CT molecular complexity index is 871. The molecule has 0 unspecified atom stereocenters. The smallest absolute Gasteiger partial charge is 0.420 e. The van der Waals surface area contributed by atoms with Crippen molar-refractivity contribution in [3.8, 4) is 5.75 Å². The van der Waals surface area contributed by atoms with Crippen LogP contribution in [0.1, 0.15) is 55.7 Å². The van der Waals surface area contributed by atoms with Crippen molar-refractivity contribution in [1.82, 2.24) is 0 Å². The van der Waals surface area contributed by atoms with Crippen LogP contribution in [0, 0.1) is 6.92 Å². The summed E-state index contributed by atoms with van der Waals surface area (Å²) < 4.78 is 45.4. The molecule has 1 saturated carbocycles. The fraction of sp³-hybridized carbons (Fsp3) is 0.435. The fourth-order valence-electron chi connectivity index (χ4n) is 4.11. The number of aryl methyl sites for hydroxylation is 1. The maximum atomic E-state index is 13.4. The van der Waals surface area contributed by atoms with Gasteiger partial charge in [-0.25, -0.2) is 0 Å². The van der Waals surface area contributed by atoms with Gasteiger partial charge in [0.15, 0.2) is 0 Å². The summed E-state index contributed by atoms with van der Waals surface area (Å²) in [5.41, 5.74) is 0.507. The minimum atomic E-state index is -4.57. The van der Waals surface area contributed by atoms with Crippen molar-refractivity contribution in [2.24, 2.45) is 0 Å². The minimum absolute atomic E-state index is 0.128. The number of alkyl halides is 3. The highest BCUT2D eigenvalue weighted by Crippen LogP contribution is 2.42. The molecule has 1 amide bonds. The Kier molecular flexibility index (Phi) is 6.20. The first-order valence-electron chi connectivity index (χ1n) is 9.99. The zero-order valence-corrected chi connectivity index (χ0v) is 16.7. The molecule has 2 aromatic rings. The molecule has 29 heavy (non-hydrogen) atoms. The van der Waals surface area contributed by atoms with E-state index in [0.29, 0.717) is 12.8 Å². The lowest BCUT2D eigenvalue weighted by atomic mass is 9.68. The van der Waals surface area contributed by atoms with E-state index in [1.165, 1.54) is 12.1 Å². The highest BCUT2D eigenvalue weighted by atomic mass is 19.4. The van der Waals surface area contributed by atoms with Crippen LogP contribution < -0.4 is 10.1 Å². The van der Waals surface area contributed by atoms with Gasteiger partial charge in [-0.2, -0.15) is 13.2 Å². The Labute approximate surface area is 169 Å². The molecule has 0 atom stereocenters. The Morgan fingerprint density at radius 1 is 1.10 bits per heavy atom. The number of carbonyl (C=O) groups excluding carboxylic acids is 1. The number of halogens is 3. The number of anilines is 1. The number of amides is 1. The maximum absolute atomic E-state index is 13.4. The zero-order valence-electron chi connectivity index (χ0n) is 16.7. The number of nitrogens with one attached hydrogen (secondary N) is 1. The molecule has 0 aromatic heterocycles. The number of hydrogen-bond acceptors (Lipinski definition) is 2. The highest BCUT2D eigenvalue weighted by molar-refractivity contribution is 5.99. The predicted octanol–water partition coefficient (Wildman–Crippen LogP) is 6.25. The monoisotopic (exact) mass is 405 g/mol. The van der Waals surface area contributed by atoms with E-state index in [9.17, 15) is 18.0 Å². The normalized spacial score (nSPS) is 16.3. The van der Waals surface area contributed by atoms with Gasteiger partial charge in [0.25, 0.3) is 0 Å². The topological polar surface area (TPSA) is 38.3 Å². The third-order valence-corrected chi connectivity index (χ3v) is 5.56. The maximum Gasteiger partial charge on any atom is 0.420 e. The van der Waals surface area contributed by atoms with Crippen molar-refractivity contribution in [2.75, 3.05) is 11.9 Å². The Morgan fingerprint density at radius 2 is 1.83 bits per heavy atom. The Morgan fingerprint density at radius 3 is 2.45 bits per heavy atom. The average molecular weight is 405 g/mol. The van der Waals surface area contributed by atoms with E-state index in [1.54, 1.807) is 6.92 Å². The molecule has 6 heteroatoms. The molecule has 0 bridgehead atoms. The molecular formula is C23H26F3NO2. The molecule has 1 N–H and O–H groups in total. The molecule has 0 heterocycles. The first kappa shape index (κ1) is 21.2. The van der Waals surface area contributed by atoms with E-state index in [4.69, 9.17) is 4.74 Å². The largest absolute Gasteiger partial charge is 0.493 e. The van der Waals surface area contributed by atoms with Crippen LogP contribution in [-0.4, -0.2) is 12.5 Å². The first-order valence-corrected chi connectivity index (χ1v) is 9.99. The number of benzene rings is 2. The lowest BCUT2D eigenvalue weighted by molar-refractivity contribution is -0.139. The van der Waals surface area contributed by atoms with Crippen LogP contribution in [0.5, 0.6) is 5.75 Å². The minimum Gasteiger partial charge on any atom is -0.493 e. The van der Waals surface area contributed by atoms with Crippen LogP contribution in [0.15, 0.2) is 42.5 Å². The number of rotatable bonds is 5. The molecule has 156 valence electrons. The molecule has 0 saturated heterocycles. The van der Waals surface area contributed by atoms with Gasteiger partial charge in [0.05, 0.1) is 17.6 Å². The van der Waals surface area contributed by atoms with E-state index in [2.05, 4.69) is 5.32 Å². The lowest BCUT2D eigenvalue weighted by Gasteiger charge is -2.36. The number of ether oxygens (including phenoxy) is 1. The van der Waals surface area contributed by atoms with Gasteiger partial charge in [-0.3, -0.25) is 4.79 Å². The molecule has 1 fully saturated rings. The lowest BCUT2D eigenvalue weighted by Crippen LogP contribution is -2.42. The van der Waals surface area contributed by atoms with Gasteiger partial charge in [-0.1, -0.05) is 49.1 Å². The predicted molar refractivity (Wildman–Crippen MR) is 107 cm³/mol. The van der Waals surface area contributed by atoms with Crippen molar-refractivity contribution >= 4 is 11.6 Å². The molecular weight excluding hydrogens is 379 g/mol. The van der Waals surface area contributed by atoms with E-state index in [0.717, 1.165) is 36.5 Å². The van der Waals surface area contributed by atoms with Crippen molar-refractivity contribution < 1.29 is 22.7 Å². The summed E-state index contributed by atoms with van der Waals surface area (Å²) in [6.07, 6.45) is -0.305. The van der Waals surface area contributed by atoms with Crippen LogP contribution in [0.3, 0.4) is 0 Å². The van der Waals surface area contributed by atoms with Gasteiger partial charge in [-0.15, -0.1) is 0 Å². The zero-order chi connectivity index (χ0) is 21.1. The van der Waals surface area contributed by atoms with Crippen LogP contribution in [-0.2, 0) is 16.4 Å². The molecule has 2 aromatic carbocycles. The highest BCUT2D eigenvalue weighted by Gasteiger charge is 2.41. The quantitative estimate of drug-likeness (QED) is 0.638. The van der Waals surface area contributed by atoms with Crippen molar-refractivity contribution in [3.05, 3.63) is 59.2 Å². The van der Waals surface area contributed by atoms with Gasteiger partial charge in [0.1, 0.15) is 5.75 Å². The van der Waals surface area contributed by atoms with Gasteiger partial charge in [-0.05, 0) is 50.5 Å². The average Bonchev–Trinajstić information content (AvgIpc) is 2.69. The Balaban J connectivity index is 1.94. The molecule has 3 rings (SSSR count). The van der Waals surface area contributed by atoms with E-state index in [1.807, 2.05) is 31.2 Å². The van der Waals surface area contributed by atoms with Crippen LogP contribution in [0.2, 0.25) is 0 Å². The van der Waals surface area contributed by atoms with Gasteiger partial charge >= 0.3 is 6.18 Å². The third-order valence-electron chi connectivity index (χ3n) is 5.56. The summed E-state index contributed by atoms with van der Waals surface area (Å²) >= 11 is 0. The van der Waals surface area contributed by atoms with E-state index >= 15 is 0 Å². The molecule has 0 radical (unpaired) electrons. The summed E-state index contributed by atoms with van der Waals surface area (Å²) in [7, 11) is 0. The summed E-state index contributed by atoms with van der Waals surface area (Å²) in [5.74, 6) is -0.482. The Hall–Kier alpha value is -2.50. The third kappa shape index (κ3) is 4.57. The standard InChI is InChI=1S/C23H26F3NO2/c1-3-29-20-11-10-18(15-19(20)23(24,25)26)27-21(28)22(12-5-4-6-13-22)17-9-7-8-16(2)14-17/h7-11,14-15H,3-6,12-13H2,1-2H3,(H,27,28). The fourth-order valence-corrected chi connectivity index (χ4v) is 4.11. The second-order valence-corrected chi connectivity index (χ2v) is 7.61. The van der Waals surface area contributed by atoms with Gasteiger partial charge < -0.3 is 10.1 Å². The second kappa shape index (κ2) is 8.47. The molecule has 3 nitrogen and oxygen atoms in total. The van der Waals surface area contributed by atoms with Crippen molar-refractivity contribution in [2.45, 2.75) is 57.5 Å². The second-order valence-electron chi connectivity index (χ2n) is 7.61. The van der Waals surface area contributed by atoms with E-state index < -0.39 is 17.2 Å². The van der Waals surface area contributed by atoms with Gasteiger partial charge in [0, 0.05) is 5.69 Å². The summed E-state index contributed by atoms with van der Waals surface area (Å²) in [5, 5.41) is 2.76. The van der Waals surface area contributed by atoms with Crippen LogP contribution in [0.25, 0.3) is 0 Å². The molecule has 0 aliphatic heterocycles. The molecule has 1 aliphatic carbocycles. The van der Waals surface area contributed by atoms with Gasteiger partial charge in [0.2, 0.25) is 5.91 Å². The summed E-state index contributed by atoms with van der Waals surface area (Å²) in [4.78, 5) is 13.3. The summed E-state index contributed by atoms with van der Waals surface area (Å²) in [6.45, 7) is 3.73. The molecule has 1 aliphatic rings. The van der Waals surface area contributed by atoms with Crippen LogP contribution in [0.4, 0.5) is 18.9 Å². The van der Waals surface area contributed by atoms with E-state index in [-0.39, 0.29) is 24.0 Å². The number of carbonyl (C=O) groups is 1.